The van der Waals surface area contributed by atoms with Crippen molar-refractivity contribution >= 4 is 41.0 Å². The van der Waals surface area contributed by atoms with Crippen LogP contribution in [0, 0.1) is 11.3 Å². The van der Waals surface area contributed by atoms with E-state index in [0.29, 0.717) is 29.4 Å². The van der Waals surface area contributed by atoms with Crippen LogP contribution in [0.3, 0.4) is 0 Å². The molecular weight excluding hydrogens is 608 g/mol. The minimum Gasteiger partial charge on any atom is -0.490 e. The van der Waals surface area contributed by atoms with Gasteiger partial charge in [0.15, 0.2) is 11.5 Å². The van der Waals surface area contributed by atoms with Crippen LogP contribution < -0.4 is 25.2 Å². The van der Waals surface area contributed by atoms with E-state index in [-0.39, 0.29) is 42.1 Å². The molecule has 1 aromatic heterocycles. The average Bonchev–Trinajstić information content (AvgIpc) is 3.07. The molecule has 4 amide bonds. The normalized spacial score (nSPS) is 20.5. The lowest BCUT2D eigenvalue weighted by Crippen LogP contribution is -2.50. The first-order chi connectivity index (χ1) is 22.4. The molecule has 3 fully saturated rings. The van der Waals surface area contributed by atoms with Gasteiger partial charge in [-0.25, -0.2) is 4.79 Å². The summed E-state index contributed by atoms with van der Waals surface area (Å²) < 4.78 is 6.05. The second-order valence-electron chi connectivity index (χ2n) is 11.7. The van der Waals surface area contributed by atoms with Crippen LogP contribution in [-0.4, -0.2) is 77.8 Å². The molecule has 2 aromatic carbocycles. The second-order valence-corrected chi connectivity index (χ2v) is 12.1. The highest BCUT2D eigenvalue weighted by atomic mass is 35.5. The van der Waals surface area contributed by atoms with Gasteiger partial charge in [-0.1, -0.05) is 29.8 Å². The van der Waals surface area contributed by atoms with Crippen LogP contribution in [0.1, 0.15) is 53.7 Å². The summed E-state index contributed by atoms with van der Waals surface area (Å²) >= 11 is 6.12. The van der Waals surface area contributed by atoms with Crippen LogP contribution >= 0.6 is 11.6 Å². The van der Waals surface area contributed by atoms with E-state index in [2.05, 4.69) is 30.6 Å². The van der Waals surface area contributed by atoms with Crippen LogP contribution in [0.2, 0.25) is 5.02 Å². The lowest BCUT2D eigenvalue weighted by atomic mass is 9.93. The monoisotopic (exact) mass is 642 g/mol. The molecule has 1 saturated carbocycles. The summed E-state index contributed by atoms with van der Waals surface area (Å²) in [6, 6.07) is 18.1. The number of aromatic nitrogens is 2. The highest BCUT2D eigenvalue weighted by Gasteiger charge is 2.28. The third-order valence-electron chi connectivity index (χ3n) is 8.68. The summed E-state index contributed by atoms with van der Waals surface area (Å²) in [7, 11) is 0. The molecule has 6 rings (SSSR count). The van der Waals surface area contributed by atoms with Gasteiger partial charge in [0, 0.05) is 63.5 Å². The van der Waals surface area contributed by atoms with Gasteiger partial charge in [0.2, 0.25) is 5.91 Å². The molecule has 2 aliphatic heterocycles. The van der Waals surface area contributed by atoms with Crippen LogP contribution in [0.15, 0.2) is 54.6 Å². The summed E-state index contributed by atoms with van der Waals surface area (Å²) in [5, 5.41) is 23.5. The number of piperazine rings is 1. The van der Waals surface area contributed by atoms with Gasteiger partial charge >= 0.3 is 6.03 Å². The van der Waals surface area contributed by atoms with Crippen LogP contribution in [0.4, 0.5) is 16.3 Å². The number of carbonyl (C=O) groups is 3. The number of hydrogen-bond acceptors (Lipinski definition) is 9. The molecule has 3 aromatic rings. The molecule has 46 heavy (non-hydrogen) atoms. The van der Waals surface area contributed by atoms with Gasteiger partial charge < -0.3 is 15.0 Å². The number of nitrogens with one attached hydrogen (secondary N) is 2. The number of halogens is 1. The second kappa shape index (κ2) is 14.1. The molecule has 1 aliphatic carbocycles. The lowest BCUT2D eigenvalue weighted by Gasteiger charge is -2.36. The molecule has 3 heterocycles. The van der Waals surface area contributed by atoms with Crippen molar-refractivity contribution in [3.63, 3.8) is 0 Å². The minimum absolute atomic E-state index is 0.0227. The Morgan fingerprint density at radius 1 is 1.00 bits per heavy atom. The van der Waals surface area contributed by atoms with E-state index in [9.17, 15) is 14.4 Å². The van der Waals surface area contributed by atoms with Gasteiger partial charge in [0.1, 0.15) is 11.8 Å². The van der Waals surface area contributed by atoms with E-state index in [4.69, 9.17) is 21.6 Å². The van der Waals surface area contributed by atoms with Gasteiger partial charge in [-0.3, -0.25) is 24.7 Å². The van der Waals surface area contributed by atoms with Crippen molar-refractivity contribution in [3.8, 4) is 11.8 Å². The number of nitrogens with zero attached hydrogens (tertiary/aromatic N) is 6. The third-order valence-corrected chi connectivity index (χ3v) is 9.00. The lowest BCUT2D eigenvalue weighted by molar-refractivity contribution is -0.120. The minimum atomic E-state index is -0.381. The van der Waals surface area contributed by atoms with E-state index in [1.165, 1.54) is 0 Å². The van der Waals surface area contributed by atoms with Gasteiger partial charge in [-0.05, 0) is 61.6 Å². The number of nitriles is 1. The molecule has 3 aliphatic rings. The SMILES string of the molecule is N#Cc1ccc(OC2CCC(NC(=O)c3ccc(N4CCN(Cc5ccccc5N5CCC(=O)NC5=O)CC4)nn3)CC2)cc1Cl. The number of rotatable bonds is 8. The summed E-state index contributed by atoms with van der Waals surface area (Å²) in [4.78, 5) is 43.1. The molecule has 12 nitrogen and oxygen atoms in total. The number of amides is 4. The Labute approximate surface area is 272 Å². The van der Waals surface area contributed by atoms with E-state index < -0.39 is 0 Å². The van der Waals surface area contributed by atoms with Crippen molar-refractivity contribution in [1.29, 1.82) is 5.26 Å². The Bertz CT molecular complexity index is 1630. The first kappa shape index (κ1) is 31.3. The first-order valence-corrected chi connectivity index (χ1v) is 15.9. The Morgan fingerprint density at radius 3 is 2.48 bits per heavy atom. The molecule has 238 valence electrons. The number of carbonyl (C=O) groups excluding carboxylic acids is 3. The summed E-state index contributed by atoms with van der Waals surface area (Å²) in [5.41, 5.74) is 2.56. The fraction of sp³-hybridized carbons (Fsp3) is 0.394. The zero-order chi connectivity index (χ0) is 32.0. The predicted molar refractivity (Wildman–Crippen MR) is 172 cm³/mol. The number of urea groups is 1. The molecule has 2 saturated heterocycles. The quantitative estimate of drug-likeness (QED) is 0.374. The molecule has 0 atom stereocenters. The number of para-hydroxylation sites is 1. The fourth-order valence-corrected chi connectivity index (χ4v) is 6.34. The van der Waals surface area contributed by atoms with E-state index in [1.54, 1.807) is 29.2 Å². The topological polar surface area (TPSA) is 144 Å². The molecule has 13 heteroatoms. The number of benzene rings is 2. The van der Waals surface area contributed by atoms with E-state index in [0.717, 1.165) is 68.9 Å². The smallest absolute Gasteiger partial charge is 0.328 e. The van der Waals surface area contributed by atoms with E-state index in [1.807, 2.05) is 36.4 Å². The van der Waals surface area contributed by atoms with Gasteiger partial charge in [-0.2, -0.15) is 5.26 Å². The van der Waals surface area contributed by atoms with E-state index >= 15 is 0 Å². The molecule has 0 bridgehead atoms. The molecule has 0 unspecified atom stereocenters. The number of imide groups is 1. The third kappa shape index (κ3) is 7.38. The van der Waals surface area contributed by atoms with Crippen molar-refractivity contribution in [3.05, 3.63) is 76.4 Å². The maximum atomic E-state index is 12.9. The standard InChI is InChI=1S/C33H35ClN8O4/c34-27-19-26(8-5-22(27)20-35)46-25-9-6-24(7-10-25)36-32(44)28-11-12-30(39-38-28)41-17-15-40(16-18-41)21-23-3-1-2-4-29(23)42-14-13-31(43)37-33(42)45/h1-5,8,11-12,19,24-25H,6-7,9-10,13-18,21H2,(H,36,44)(H,37,43,45). The fourth-order valence-electron chi connectivity index (χ4n) is 6.13. The Hall–Kier alpha value is -4.73. The van der Waals surface area contributed by atoms with Gasteiger partial charge in [0.05, 0.1) is 16.7 Å². The van der Waals surface area contributed by atoms with Crippen molar-refractivity contribution in [2.75, 3.05) is 42.5 Å². The molecular formula is C33H35ClN8O4. The zero-order valence-corrected chi connectivity index (χ0v) is 26.1. The summed E-state index contributed by atoms with van der Waals surface area (Å²) in [5.74, 6) is 0.884. The zero-order valence-electron chi connectivity index (χ0n) is 25.3. The Morgan fingerprint density at radius 2 is 1.78 bits per heavy atom. The number of hydrogen-bond donors (Lipinski definition) is 2. The predicted octanol–water partition coefficient (Wildman–Crippen LogP) is 3.89. The maximum absolute atomic E-state index is 12.9. The Balaban J connectivity index is 0.956. The van der Waals surface area contributed by atoms with Crippen molar-refractivity contribution in [1.82, 2.24) is 25.7 Å². The largest absolute Gasteiger partial charge is 0.490 e. The molecule has 0 spiro atoms. The summed E-state index contributed by atoms with van der Waals surface area (Å²) in [6.07, 6.45) is 3.46. The first-order valence-electron chi connectivity index (χ1n) is 15.5. The number of anilines is 2. The van der Waals surface area contributed by atoms with Gasteiger partial charge in [-0.15, -0.1) is 10.2 Å². The maximum Gasteiger partial charge on any atom is 0.328 e. The van der Waals surface area contributed by atoms with Crippen LogP contribution in [-0.2, 0) is 11.3 Å². The van der Waals surface area contributed by atoms with Crippen molar-refractivity contribution < 1.29 is 19.1 Å². The highest BCUT2D eigenvalue weighted by Crippen LogP contribution is 2.28. The van der Waals surface area contributed by atoms with Crippen LogP contribution in [0.25, 0.3) is 0 Å². The molecule has 0 radical (unpaired) electrons. The van der Waals surface area contributed by atoms with Crippen molar-refractivity contribution in [2.24, 2.45) is 0 Å². The average molecular weight is 643 g/mol. The Kier molecular flexibility index (Phi) is 9.61. The number of ether oxygens (including phenoxy) is 1. The molecule has 2 N–H and O–H groups in total. The van der Waals surface area contributed by atoms with Crippen LogP contribution in [0.5, 0.6) is 5.75 Å². The highest BCUT2D eigenvalue weighted by molar-refractivity contribution is 6.31. The summed E-state index contributed by atoms with van der Waals surface area (Å²) in [6.45, 7) is 4.16. The van der Waals surface area contributed by atoms with Gasteiger partial charge in [0.25, 0.3) is 5.91 Å². The van der Waals surface area contributed by atoms with Crippen molar-refractivity contribution in [2.45, 2.75) is 50.8 Å².